The van der Waals surface area contributed by atoms with Gasteiger partial charge in [-0.15, -0.1) is 0 Å². The molecule has 0 aliphatic rings. The second kappa shape index (κ2) is 12.2. The Hall–Kier alpha value is -2.48. The summed E-state index contributed by atoms with van der Waals surface area (Å²) in [5.41, 5.74) is 0.104. The van der Waals surface area contributed by atoms with Crippen LogP contribution in [0.25, 0.3) is 0 Å². The summed E-state index contributed by atoms with van der Waals surface area (Å²) in [6.45, 7) is 9.52. The van der Waals surface area contributed by atoms with Crippen molar-refractivity contribution in [3.05, 3.63) is 22.7 Å². The number of benzene rings is 1. The SMILES string of the molecule is CCCCOc1c(Cl)cc(C(=O)O[C@@H](C)C(=O)NC(=O)NC(C)C)cc1OCC. The van der Waals surface area contributed by atoms with Gasteiger partial charge in [0, 0.05) is 6.04 Å². The molecule has 3 amide bonds. The van der Waals surface area contributed by atoms with Crippen LogP contribution in [0, 0.1) is 0 Å². The Labute approximate surface area is 176 Å². The molecule has 1 aromatic carbocycles. The monoisotopic (exact) mass is 428 g/mol. The Balaban J connectivity index is 2.87. The van der Waals surface area contributed by atoms with Crippen LogP contribution in [0.4, 0.5) is 4.79 Å². The lowest BCUT2D eigenvalue weighted by atomic mass is 10.2. The fourth-order valence-electron chi connectivity index (χ4n) is 2.20. The first-order valence-corrected chi connectivity index (χ1v) is 9.98. The number of unbranched alkanes of at least 4 members (excludes halogenated alkanes) is 1. The number of ether oxygens (including phenoxy) is 3. The summed E-state index contributed by atoms with van der Waals surface area (Å²) in [5, 5.41) is 4.82. The van der Waals surface area contributed by atoms with E-state index in [1.165, 1.54) is 19.1 Å². The first kappa shape index (κ1) is 24.6. The van der Waals surface area contributed by atoms with Gasteiger partial charge < -0.3 is 19.5 Å². The molecule has 0 aromatic heterocycles. The van der Waals surface area contributed by atoms with Gasteiger partial charge >= 0.3 is 12.0 Å². The van der Waals surface area contributed by atoms with Gasteiger partial charge in [0.25, 0.3) is 5.91 Å². The molecule has 1 atom stereocenters. The number of rotatable bonds is 10. The van der Waals surface area contributed by atoms with Gasteiger partial charge in [0.2, 0.25) is 0 Å². The number of nitrogens with one attached hydrogen (secondary N) is 2. The molecule has 1 aromatic rings. The number of esters is 1. The fraction of sp³-hybridized carbons (Fsp3) is 0.550. The Morgan fingerprint density at radius 3 is 2.38 bits per heavy atom. The molecule has 0 saturated carbocycles. The Kier molecular flexibility index (Phi) is 10.3. The predicted octanol–water partition coefficient (Wildman–Crippen LogP) is 3.70. The lowest BCUT2D eigenvalue weighted by Crippen LogP contribution is -2.46. The number of carbonyl (C=O) groups is 3. The maximum absolute atomic E-state index is 12.4. The highest BCUT2D eigenvalue weighted by Gasteiger charge is 2.23. The van der Waals surface area contributed by atoms with E-state index in [4.69, 9.17) is 25.8 Å². The van der Waals surface area contributed by atoms with Crippen LogP contribution >= 0.6 is 11.6 Å². The first-order chi connectivity index (χ1) is 13.7. The summed E-state index contributed by atoms with van der Waals surface area (Å²) in [4.78, 5) is 36.1. The molecule has 162 valence electrons. The highest BCUT2D eigenvalue weighted by atomic mass is 35.5. The van der Waals surface area contributed by atoms with Crippen LogP contribution in [0.3, 0.4) is 0 Å². The van der Waals surface area contributed by atoms with Gasteiger partial charge in [0.1, 0.15) is 0 Å². The van der Waals surface area contributed by atoms with Crippen LogP contribution in [0.15, 0.2) is 12.1 Å². The van der Waals surface area contributed by atoms with Crippen LogP contribution in [0.2, 0.25) is 5.02 Å². The highest BCUT2D eigenvalue weighted by molar-refractivity contribution is 6.32. The molecule has 0 heterocycles. The number of carbonyl (C=O) groups excluding carboxylic acids is 3. The largest absolute Gasteiger partial charge is 0.490 e. The van der Waals surface area contributed by atoms with Gasteiger partial charge in [0.05, 0.1) is 23.8 Å². The smallest absolute Gasteiger partial charge is 0.339 e. The van der Waals surface area contributed by atoms with Crippen LogP contribution in [-0.4, -0.2) is 43.3 Å². The highest BCUT2D eigenvalue weighted by Crippen LogP contribution is 2.37. The molecule has 9 heteroatoms. The van der Waals surface area contributed by atoms with Crippen molar-refractivity contribution in [2.45, 2.75) is 59.6 Å². The van der Waals surface area contributed by atoms with Gasteiger partial charge in [-0.2, -0.15) is 0 Å². The van der Waals surface area contributed by atoms with Crippen molar-refractivity contribution in [2.24, 2.45) is 0 Å². The average molecular weight is 429 g/mol. The van der Waals surface area contributed by atoms with E-state index in [0.29, 0.717) is 24.7 Å². The molecule has 8 nitrogen and oxygen atoms in total. The molecule has 0 fully saturated rings. The molecule has 0 bridgehead atoms. The first-order valence-electron chi connectivity index (χ1n) is 9.61. The number of amides is 3. The summed E-state index contributed by atoms with van der Waals surface area (Å²) in [7, 11) is 0. The summed E-state index contributed by atoms with van der Waals surface area (Å²) < 4.78 is 16.3. The van der Waals surface area contributed by atoms with E-state index >= 15 is 0 Å². The van der Waals surface area contributed by atoms with E-state index in [0.717, 1.165) is 12.8 Å². The average Bonchev–Trinajstić information content (AvgIpc) is 2.62. The maximum Gasteiger partial charge on any atom is 0.339 e. The molecule has 0 radical (unpaired) electrons. The van der Waals surface area contributed by atoms with Crippen molar-refractivity contribution in [1.82, 2.24) is 10.6 Å². The topological polar surface area (TPSA) is 103 Å². The maximum atomic E-state index is 12.4. The minimum atomic E-state index is -1.18. The van der Waals surface area contributed by atoms with Crippen LogP contribution in [0.1, 0.15) is 57.8 Å². The molecule has 0 aliphatic carbocycles. The molecular weight excluding hydrogens is 400 g/mol. The van der Waals surface area contributed by atoms with Gasteiger partial charge in [-0.3, -0.25) is 10.1 Å². The van der Waals surface area contributed by atoms with Gasteiger partial charge in [-0.05, 0) is 46.2 Å². The summed E-state index contributed by atoms with van der Waals surface area (Å²) >= 11 is 6.26. The Bertz CT molecular complexity index is 723. The van der Waals surface area contributed by atoms with E-state index < -0.39 is 24.0 Å². The summed E-state index contributed by atoms with van der Waals surface area (Å²) in [6.07, 6.45) is 0.624. The molecule has 2 N–H and O–H groups in total. The van der Waals surface area contributed by atoms with Crippen LogP contribution in [-0.2, 0) is 9.53 Å². The number of halogens is 1. The quantitative estimate of drug-likeness (QED) is 0.435. The van der Waals surface area contributed by atoms with Crippen molar-refractivity contribution in [2.75, 3.05) is 13.2 Å². The molecule has 0 spiro atoms. The van der Waals surface area contributed by atoms with Gasteiger partial charge in [0.15, 0.2) is 17.6 Å². The molecular formula is C20H29ClN2O6. The second-order valence-electron chi connectivity index (χ2n) is 6.59. The molecule has 1 rings (SSSR count). The molecule has 0 aliphatic heterocycles. The van der Waals surface area contributed by atoms with Crippen LogP contribution in [0.5, 0.6) is 11.5 Å². The van der Waals surface area contributed by atoms with E-state index in [-0.39, 0.29) is 16.6 Å². The van der Waals surface area contributed by atoms with Crippen molar-refractivity contribution >= 4 is 29.5 Å². The number of hydrogen-bond acceptors (Lipinski definition) is 6. The Morgan fingerprint density at radius 1 is 1.10 bits per heavy atom. The van der Waals surface area contributed by atoms with Crippen molar-refractivity contribution < 1.29 is 28.6 Å². The zero-order chi connectivity index (χ0) is 22.0. The minimum Gasteiger partial charge on any atom is -0.490 e. The zero-order valence-electron chi connectivity index (χ0n) is 17.5. The number of imide groups is 1. The van der Waals surface area contributed by atoms with Gasteiger partial charge in [-0.25, -0.2) is 9.59 Å². The van der Waals surface area contributed by atoms with Gasteiger partial charge in [-0.1, -0.05) is 24.9 Å². The Morgan fingerprint density at radius 2 is 1.79 bits per heavy atom. The lowest BCUT2D eigenvalue weighted by molar-refractivity contribution is -0.127. The summed E-state index contributed by atoms with van der Waals surface area (Å²) in [6, 6.07) is 2.04. The standard InChI is InChI=1S/C20H29ClN2O6/c1-6-8-9-28-17-15(21)10-14(11-16(17)27-7-2)19(25)29-13(5)18(24)23-20(26)22-12(3)4/h10-13H,6-9H2,1-5H3,(H2,22,23,24,26)/t13-/m0/s1. The van der Waals surface area contributed by atoms with Crippen molar-refractivity contribution in [1.29, 1.82) is 0 Å². The third-order valence-electron chi connectivity index (χ3n) is 3.60. The van der Waals surface area contributed by atoms with Crippen molar-refractivity contribution in [3.63, 3.8) is 0 Å². The lowest BCUT2D eigenvalue weighted by Gasteiger charge is -2.17. The van der Waals surface area contributed by atoms with E-state index in [1.54, 1.807) is 20.8 Å². The van der Waals surface area contributed by atoms with E-state index in [9.17, 15) is 14.4 Å². The molecule has 29 heavy (non-hydrogen) atoms. The number of hydrogen-bond donors (Lipinski definition) is 2. The summed E-state index contributed by atoms with van der Waals surface area (Å²) in [5.74, 6) is -0.849. The number of urea groups is 1. The third kappa shape index (κ3) is 8.19. The van der Waals surface area contributed by atoms with Crippen molar-refractivity contribution in [3.8, 4) is 11.5 Å². The molecule has 0 unspecified atom stereocenters. The minimum absolute atomic E-state index is 0.104. The third-order valence-corrected chi connectivity index (χ3v) is 3.88. The van der Waals surface area contributed by atoms with Crippen LogP contribution < -0.4 is 20.1 Å². The zero-order valence-corrected chi connectivity index (χ0v) is 18.2. The predicted molar refractivity (Wildman–Crippen MR) is 110 cm³/mol. The van der Waals surface area contributed by atoms with E-state index in [2.05, 4.69) is 10.6 Å². The normalized spacial score (nSPS) is 11.6. The van der Waals surface area contributed by atoms with E-state index in [1.807, 2.05) is 6.92 Å². The second-order valence-corrected chi connectivity index (χ2v) is 6.99. The fourth-order valence-corrected chi connectivity index (χ4v) is 2.47. The molecule has 0 saturated heterocycles.